The Labute approximate surface area is 106 Å². The normalized spacial score (nSPS) is 10.8. The lowest BCUT2D eigenvalue weighted by molar-refractivity contribution is -0.121. The fourth-order valence-electron chi connectivity index (χ4n) is 1.59. The van der Waals surface area contributed by atoms with Crippen LogP contribution in [0.5, 0.6) is 0 Å². The Morgan fingerprint density at radius 1 is 1.53 bits per heavy atom. The largest absolute Gasteiger partial charge is 0.301 e. The zero-order valence-corrected chi connectivity index (χ0v) is 11.0. The molecule has 0 saturated carbocycles. The van der Waals surface area contributed by atoms with Gasteiger partial charge in [0.1, 0.15) is 0 Å². The van der Waals surface area contributed by atoms with Crippen LogP contribution >= 0.6 is 11.3 Å². The van der Waals surface area contributed by atoms with Crippen molar-refractivity contribution in [2.24, 2.45) is 5.84 Å². The van der Waals surface area contributed by atoms with Gasteiger partial charge in [0.2, 0.25) is 5.91 Å². The molecule has 0 bridgehead atoms. The highest BCUT2D eigenvalue weighted by Gasteiger charge is 2.02. The molecule has 1 rings (SSSR count). The van der Waals surface area contributed by atoms with Crippen LogP contribution in [0.2, 0.25) is 0 Å². The van der Waals surface area contributed by atoms with Crippen molar-refractivity contribution in [1.82, 2.24) is 15.3 Å². The maximum atomic E-state index is 10.9. The maximum Gasteiger partial charge on any atom is 0.233 e. The summed E-state index contributed by atoms with van der Waals surface area (Å²) in [7, 11) is 2.09. The summed E-state index contributed by atoms with van der Waals surface area (Å²) >= 11 is 1.63. The first-order valence-electron chi connectivity index (χ1n) is 5.77. The standard InChI is InChI=1S/C11H20N4OS/c1-15(7-10-8-17-9-13-10)6-4-2-3-5-11(16)14-12/h8-9H,2-7,12H2,1H3,(H,14,16). The van der Waals surface area contributed by atoms with Crippen molar-refractivity contribution in [2.75, 3.05) is 13.6 Å². The molecule has 3 N–H and O–H groups in total. The average molecular weight is 256 g/mol. The summed E-state index contributed by atoms with van der Waals surface area (Å²) in [6, 6.07) is 0. The smallest absolute Gasteiger partial charge is 0.233 e. The molecular formula is C11H20N4OS. The van der Waals surface area contributed by atoms with Crippen molar-refractivity contribution in [3.8, 4) is 0 Å². The van der Waals surface area contributed by atoms with Gasteiger partial charge < -0.3 is 4.90 Å². The molecule has 17 heavy (non-hydrogen) atoms. The number of amides is 1. The lowest BCUT2D eigenvalue weighted by atomic mass is 10.2. The van der Waals surface area contributed by atoms with E-state index >= 15 is 0 Å². The van der Waals surface area contributed by atoms with Crippen LogP contribution in [0, 0.1) is 0 Å². The molecule has 0 aliphatic rings. The van der Waals surface area contributed by atoms with Gasteiger partial charge in [0.25, 0.3) is 0 Å². The van der Waals surface area contributed by atoms with E-state index in [2.05, 4.69) is 27.7 Å². The van der Waals surface area contributed by atoms with Crippen LogP contribution in [-0.4, -0.2) is 29.4 Å². The number of hydrazine groups is 1. The number of rotatable bonds is 8. The summed E-state index contributed by atoms with van der Waals surface area (Å²) in [4.78, 5) is 17.4. The van der Waals surface area contributed by atoms with E-state index in [1.807, 2.05) is 5.51 Å². The Balaban J connectivity index is 2.00. The van der Waals surface area contributed by atoms with Gasteiger partial charge in [-0.3, -0.25) is 10.2 Å². The second-order valence-electron chi connectivity index (χ2n) is 4.10. The topological polar surface area (TPSA) is 71.2 Å². The molecule has 0 unspecified atom stereocenters. The van der Waals surface area contributed by atoms with Crippen molar-refractivity contribution in [2.45, 2.75) is 32.2 Å². The summed E-state index contributed by atoms with van der Waals surface area (Å²) in [5.41, 5.74) is 5.12. The highest BCUT2D eigenvalue weighted by Crippen LogP contribution is 2.06. The van der Waals surface area contributed by atoms with Crippen LogP contribution in [0.3, 0.4) is 0 Å². The molecule has 0 saturated heterocycles. The summed E-state index contributed by atoms with van der Waals surface area (Å²) in [5, 5.41) is 2.07. The number of carbonyl (C=O) groups excluding carboxylic acids is 1. The van der Waals surface area contributed by atoms with Crippen molar-refractivity contribution in [3.63, 3.8) is 0 Å². The van der Waals surface area contributed by atoms with E-state index in [1.54, 1.807) is 11.3 Å². The fourth-order valence-corrected chi connectivity index (χ4v) is 2.14. The summed E-state index contributed by atoms with van der Waals surface area (Å²) in [6.07, 6.45) is 3.56. The minimum atomic E-state index is -0.0826. The van der Waals surface area contributed by atoms with Gasteiger partial charge in [-0.25, -0.2) is 10.8 Å². The Morgan fingerprint density at radius 3 is 3.00 bits per heavy atom. The molecule has 96 valence electrons. The summed E-state index contributed by atoms with van der Waals surface area (Å²) < 4.78 is 0. The molecule has 0 radical (unpaired) electrons. The van der Waals surface area contributed by atoms with Crippen molar-refractivity contribution in [3.05, 3.63) is 16.6 Å². The number of aromatic nitrogens is 1. The molecular weight excluding hydrogens is 236 g/mol. The van der Waals surface area contributed by atoms with Gasteiger partial charge >= 0.3 is 0 Å². The highest BCUT2D eigenvalue weighted by atomic mass is 32.1. The fraction of sp³-hybridized carbons (Fsp3) is 0.636. The highest BCUT2D eigenvalue weighted by molar-refractivity contribution is 7.07. The van der Waals surface area contributed by atoms with E-state index < -0.39 is 0 Å². The van der Waals surface area contributed by atoms with Crippen LogP contribution in [0.1, 0.15) is 31.4 Å². The SMILES string of the molecule is CN(CCCCCC(=O)NN)Cc1cscn1. The molecule has 0 fully saturated rings. The number of unbranched alkanes of at least 4 members (excludes halogenated alkanes) is 2. The monoisotopic (exact) mass is 256 g/mol. The van der Waals surface area contributed by atoms with Crippen LogP contribution in [0.25, 0.3) is 0 Å². The molecule has 0 aliphatic heterocycles. The molecule has 1 amide bonds. The third-order valence-electron chi connectivity index (χ3n) is 2.52. The Kier molecular flexibility index (Phi) is 6.76. The molecule has 6 heteroatoms. The maximum absolute atomic E-state index is 10.9. The van der Waals surface area contributed by atoms with Crippen molar-refractivity contribution in [1.29, 1.82) is 0 Å². The van der Waals surface area contributed by atoms with E-state index in [1.165, 1.54) is 0 Å². The van der Waals surface area contributed by atoms with E-state index in [-0.39, 0.29) is 5.91 Å². The summed E-state index contributed by atoms with van der Waals surface area (Å²) in [6.45, 7) is 1.93. The first-order chi connectivity index (χ1) is 8.22. The van der Waals surface area contributed by atoms with Crippen LogP contribution < -0.4 is 11.3 Å². The zero-order chi connectivity index (χ0) is 12.5. The van der Waals surface area contributed by atoms with E-state index in [0.29, 0.717) is 6.42 Å². The summed E-state index contributed by atoms with van der Waals surface area (Å²) in [5.74, 6) is 4.91. The van der Waals surface area contributed by atoms with Gasteiger partial charge in [-0.1, -0.05) is 6.42 Å². The zero-order valence-electron chi connectivity index (χ0n) is 10.2. The first-order valence-corrected chi connectivity index (χ1v) is 6.71. The number of hydrogen-bond acceptors (Lipinski definition) is 5. The Hall–Kier alpha value is -0.980. The van der Waals surface area contributed by atoms with E-state index in [9.17, 15) is 4.79 Å². The number of hydrogen-bond donors (Lipinski definition) is 2. The predicted molar refractivity (Wildman–Crippen MR) is 69.2 cm³/mol. The lowest BCUT2D eigenvalue weighted by Crippen LogP contribution is -2.29. The molecule has 1 aromatic heterocycles. The molecule has 0 aromatic carbocycles. The Morgan fingerprint density at radius 2 is 2.35 bits per heavy atom. The van der Waals surface area contributed by atoms with Gasteiger partial charge in [0.05, 0.1) is 11.2 Å². The van der Waals surface area contributed by atoms with E-state index in [0.717, 1.165) is 38.0 Å². The quantitative estimate of drug-likeness (QED) is 0.316. The van der Waals surface area contributed by atoms with Gasteiger partial charge in [-0.2, -0.15) is 0 Å². The van der Waals surface area contributed by atoms with Gasteiger partial charge in [0, 0.05) is 18.3 Å². The Bertz CT molecular complexity index is 315. The first kappa shape index (κ1) is 14.1. The minimum Gasteiger partial charge on any atom is -0.301 e. The van der Waals surface area contributed by atoms with E-state index in [4.69, 9.17) is 5.84 Å². The van der Waals surface area contributed by atoms with Crippen LogP contribution in [0.15, 0.2) is 10.9 Å². The van der Waals surface area contributed by atoms with Crippen LogP contribution in [-0.2, 0) is 11.3 Å². The molecule has 0 aliphatic carbocycles. The number of carbonyl (C=O) groups is 1. The number of nitrogens with two attached hydrogens (primary N) is 1. The van der Waals surface area contributed by atoms with Crippen LogP contribution in [0.4, 0.5) is 0 Å². The van der Waals surface area contributed by atoms with Gasteiger partial charge in [-0.15, -0.1) is 11.3 Å². The average Bonchev–Trinajstić information content (AvgIpc) is 2.81. The number of nitrogens with zero attached hydrogens (tertiary/aromatic N) is 2. The third-order valence-corrected chi connectivity index (χ3v) is 3.16. The molecule has 1 heterocycles. The molecule has 5 nitrogen and oxygen atoms in total. The second-order valence-corrected chi connectivity index (χ2v) is 4.81. The van der Waals surface area contributed by atoms with Gasteiger partial charge in [-0.05, 0) is 26.4 Å². The van der Waals surface area contributed by atoms with Gasteiger partial charge in [0.15, 0.2) is 0 Å². The number of thiazole rings is 1. The molecule has 0 spiro atoms. The predicted octanol–water partition coefficient (Wildman–Crippen LogP) is 1.13. The lowest BCUT2D eigenvalue weighted by Gasteiger charge is -2.14. The second kappa shape index (κ2) is 8.16. The van der Waals surface area contributed by atoms with Crippen molar-refractivity contribution >= 4 is 17.2 Å². The molecule has 1 aromatic rings. The third kappa shape index (κ3) is 6.35. The minimum absolute atomic E-state index is 0.0826. The van der Waals surface area contributed by atoms with Crippen molar-refractivity contribution < 1.29 is 4.79 Å². The number of nitrogens with one attached hydrogen (secondary N) is 1. The molecule has 0 atom stereocenters.